The first-order chi connectivity index (χ1) is 10.2. The van der Waals surface area contributed by atoms with E-state index in [1.165, 1.54) is 22.7 Å². The zero-order valence-electron chi connectivity index (χ0n) is 12.6. The second kappa shape index (κ2) is 6.26. The van der Waals surface area contributed by atoms with Crippen LogP contribution in [0.3, 0.4) is 0 Å². The summed E-state index contributed by atoms with van der Waals surface area (Å²) in [5, 5.41) is 3.41. The summed E-state index contributed by atoms with van der Waals surface area (Å²) in [6, 6.07) is 10.5. The van der Waals surface area contributed by atoms with Gasteiger partial charge in [0.25, 0.3) is 0 Å². The number of likely N-dealkylation sites (tertiary alicyclic amines) is 1. The SMILES string of the molecule is CC1(CN)CCN(Cc2csc(Cc3ccccc3)n2)C1. The topological polar surface area (TPSA) is 42.1 Å². The molecule has 0 bridgehead atoms. The summed E-state index contributed by atoms with van der Waals surface area (Å²) in [5.41, 5.74) is 8.70. The van der Waals surface area contributed by atoms with Crippen LogP contribution in [0.15, 0.2) is 35.7 Å². The molecule has 1 saturated heterocycles. The smallest absolute Gasteiger partial charge is 0.0972 e. The van der Waals surface area contributed by atoms with Gasteiger partial charge in [0.2, 0.25) is 0 Å². The zero-order valence-corrected chi connectivity index (χ0v) is 13.4. The molecule has 21 heavy (non-hydrogen) atoms. The average Bonchev–Trinajstić information content (AvgIpc) is 3.08. The van der Waals surface area contributed by atoms with E-state index in [1.807, 2.05) is 0 Å². The van der Waals surface area contributed by atoms with Crippen LogP contribution < -0.4 is 5.73 Å². The molecule has 4 heteroatoms. The van der Waals surface area contributed by atoms with Crippen molar-refractivity contribution >= 4 is 11.3 Å². The first-order valence-electron chi connectivity index (χ1n) is 7.56. The van der Waals surface area contributed by atoms with E-state index < -0.39 is 0 Å². The van der Waals surface area contributed by atoms with Crippen molar-refractivity contribution in [1.29, 1.82) is 0 Å². The minimum Gasteiger partial charge on any atom is -0.330 e. The molecule has 3 rings (SSSR count). The molecule has 0 radical (unpaired) electrons. The highest BCUT2D eigenvalue weighted by Gasteiger charge is 2.32. The quantitative estimate of drug-likeness (QED) is 0.923. The lowest BCUT2D eigenvalue weighted by atomic mass is 9.90. The number of thiazole rings is 1. The highest BCUT2D eigenvalue weighted by Crippen LogP contribution is 2.29. The monoisotopic (exact) mass is 301 g/mol. The fraction of sp³-hybridized carbons (Fsp3) is 0.471. The van der Waals surface area contributed by atoms with Gasteiger partial charge < -0.3 is 5.73 Å². The van der Waals surface area contributed by atoms with Crippen molar-refractivity contribution < 1.29 is 0 Å². The van der Waals surface area contributed by atoms with Crippen LogP contribution in [0.5, 0.6) is 0 Å². The van der Waals surface area contributed by atoms with Gasteiger partial charge in [-0.15, -0.1) is 11.3 Å². The molecule has 1 atom stereocenters. The van der Waals surface area contributed by atoms with Gasteiger partial charge in [-0.05, 0) is 30.5 Å². The molecule has 1 aromatic carbocycles. The van der Waals surface area contributed by atoms with Gasteiger partial charge in [-0.3, -0.25) is 4.90 Å². The molecule has 1 unspecified atom stereocenters. The van der Waals surface area contributed by atoms with Gasteiger partial charge in [0.05, 0.1) is 10.7 Å². The van der Waals surface area contributed by atoms with Crippen LogP contribution in [0.25, 0.3) is 0 Å². The molecular weight excluding hydrogens is 278 g/mol. The highest BCUT2D eigenvalue weighted by molar-refractivity contribution is 7.09. The summed E-state index contributed by atoms with van der Waals surface area (Å²) in [4.78, 5) is 7.27. The summed E-state index contributed by atoms with van der Waals surface area (Å²) >= 11 is 1.77. The molecule has 0 aliphatic carbocycles. The van der Waals surface area contributed by atoms with Crippen LogP contribution in [-0.2, 0) is 13.0 Å². The number of hydrogen-bond donors (Lipinski definition) is 1. The van der Waals surface area contributed by atoms with Gasteiger partial charge in [-0.1, -0.05) is 37.3 Å². The number of nitrogens with zero attached hydrogens (tertiary/aromatic N) is 2. The van der Waals surface area contributed by atoms with Gasteiger partial charge >= 0.3 is 0 Å². The Labute approximate surface area is 130 Å². The maximum atomic E-state index is 5.87. The van der Waals surface area contributed by atoms with E-state index in [0.717, 1.165) is 32.6 Å². The zero-order chi connectivity index (χ0) is 14.7. The lowest BCUT2D eigenvalue weighted by molar-refractivity contribution is 0.272. The van der Waals surface area contributed by atoms with E-state index in [2.05, 4.69) is 47.5 Å². The number of rotatable bonds is 5. The number of benzene rings is 1. The molecule has 112 valence electrons. The molecule has 0 spiro atoms. The minimum absolute atomic E-state index is 0.295. The van der Waals surface area contributed by atoms with Crippen molar-refractivity contribution in [1.82, 2.24) is 9.88 Å². The molecule has 1 aliphatic rings. The van der Waals surface area contributed by atoms with Crippen molar-refractivity contribution in [3.63, 3.8) is 0 Å². The third kappa shape index (κ3) is 3.70. The molecule has 2 heterocycles. The maximum absolute atomic E-state index is 5.87. The van der Waals surface area contributed by atoms with Crippen molar-refractivity contribution in [2.24, 2.45) is 11.1 Å². The van der Waals surface area contributed by atoms with Crippen LogP contribution >= 0.6 is 11.3 Å². The average molecular weight is 301 g/mol. The van der Waals surface area contributed by atoms with Crippen LogP contribution in [0.1, 0.15) is 29.6 Å². The van der Waals surface area contributed by atoms with E-state index in [9.17, 15) is 0 Å². The third-order valence-electron chi connectivity index (χ3n) is 4.31. The second-order valence-corrected chi connectivity index (χ2v) is 7.31. The number of hydrogen-bond acceptors (Lipinski definition) is 4. The molecule has 3 nitrogen and oxygen atoms in total. The Hall–Kier alpha value is -1.23. The van der Waals surface area contributed by atoms with E-state index in [0.29, 0.717) is 5.41 Å². The lowest BCUT2D eigenvalue weighted by Crippen LogP contribution is -2.31. The summed E-state index contributed by atoms with van der Waals surface area (Å²) in [6.45, 7) is 6.25. The van der Waals surface area contributed by atoms with E-state index in [-0.39, 0.29) is 0 Å². The maximum Gasteiger partial charge on any atom is 0.0972 e. The Morgan fingerprint density at radius 3 is 2.86 bits per heavy atom. The third-order valence-corrected chi connectivity index (χ3v) is 5.21. The van der Waals surface area contributed by atoms with Crippen LogP contribution in [0, 0.1) is 5.41 Å². The highest BCUT2D eigenvalue weighted by atomic mass is 32.1. The number of nitrogens with two attached hydrogens (primary N) is 1. The molecule has 1 aliphatic heterocycles. The summed E-state index contributed by atoms with van der Waals surface area (Å²) in [5.74, 6) is 0. The predicted molar refractivity (Wildman–Crippen MR) is 88.4 cm³/mol. The van der Waals surface area contributed by atoms with Gasteiger partial charge in [-0.25, -0.2) is 4.98 Å². The summed E-state index contributed by atoms with van der Waals surface area (Å²) < 4.78 is 0. The lowest BCUT2D eigenvalue weighted by Gasteiger charge is -2.22. The minimum atomic E-state index is 0.295. The van der Waals surface area contributed by atoms with Crippen LogP contribution in [-0.4, -0.2) is 29.5 Å². The van der Waals surface area contributed by atoms with Crippen molar-refractivity contribution in [3.8, 4) is 0 Å². The predicted octanol–water partition coefficient (Wildman–Crippen LogP) is 2.90. The summed E-state index contributed by atoms with van der Waals surface area (Å²) in [7, 11) is 0. The van der Waals surface area contributed by atoms with Gasteiger partial charge in [0.1, 0.15) is 0 Å². The molecule has 1 fully saturated rings. The Balaban J connectivity index is 1.59. The van der Waals surface area contributed by atoms with Gasteiger partial charge in [-0.2, -0.15) is 0 Å². The molecule has 2 N–H and O–H groups in total. The van der Waals surface area contributed by atoms with Crippen molar-refractivity contribution in [2.75, 3.05) is 19.6 Å². The number of aromatic nitrogens is 1. The fourth-order valence-electron chi connectivity index (χ4n) is 2.93. The van der Waals surface area contributed by atoms with Crippen LogP contribution in [0.4, 0.5) is 0 Å². The Morgan fingerprint density at radius 2 is 2.14 bits per heavy atom. The van der Waals surface area contributed by atoms with E-state index in [1.54, 1.807) is 11.3 Å². The fourth-order valence-corrected chi connectivity index (χ4v) is 3.75. The first kappa shape index (κ1) is 14.7. The second-order valence-electron chi connectivity index (χ2n) is 6.37. The van der Waals surface area contributed by atoms with Crippen LogP contribution in [0.2, 0.25) is 0 Å². The standard InChI is InChI=1S/C17H23N3S/c1-17(12-18)7-8-20(13-17)10-15-11-21-16(19-15)9-14-5-3-2-4-6-14/h2-6,11H,7-10,12-13,18H2,1H3. The first-order valence-corrected chi connectivity index (χ1v) is 8.44. The Kier molecular flexibility index (Phi) is 4.38. The largest absolute Gasteiger partial charge is 0.330 e. The molecule has 2 aromatic rings. The van der Waals surface area contributed by atoms with Gasteiger partial charge in [0.15, 0.2) is 0 Å². The molecular formula is C17H23N3S. The van der Waals surface area contributed by atoms with Crippen molar-refractivity contribution in [2.45, 2.75) is 26.3 Å². The normalized spacial score (nSPS) is 22.8. The Bertz CT molecular complexity index is 581. The molecule has 0 amide bonds. The molecule has 0 saturated carbocycles. The molecule has 1 aromatic heterocycles. The van der Waals surface area contributed by atoms with Gasteiger partial charge in [0, 0.05) is 24.9 Å². The Morgan fingerprint density at radius 1 is 1.33 bits per heavy atom. The summed E-state index contributed by atoms with van der Waals surface area (Å²) in [6.07, 6.45) is 2.14. The van der Waals surface area contributed by atoms with E-state index >= 15 is 0 Å². The van der Waals surface area contributed by atoms with Crippen molar-refractivity contribution in [3.05, 3.63) is 52.0 Å². The van der Waals surface area contributed by atoms with E-state index in [4.69, 9.17) is 10.7 Å².